The molecule has 0 unspecified atom stereocenters. The van der Waals surface area contributed by atoms with Crippen molar-refractivity contribution in [3.63, 3.8) is 0 Å². The first-order valence-electron chi connectivity index (χ1n) is 5.93. The Morgan fingerprint density at radius 1 is 1.22 bits per heavy atom. The number of hydrogen-bond acceptors (Lipinski definition) is 4. The van der Waals surface area contributed by atoms with Crippen LogP contribution in [0, 0.1) is 5.92 Å². The van der Waals surface area contributed by atoms with Crippen LogP contribution in [0.15, 0.2) is 30.3 Å². The molecule has 0 fully saturated rings. The van der Waals surface area contributed by atoms with Crippen molar-refractivity contribution in [2.75, 3.05) is 6.61 Å². The summed E-state index contributed by atoms with van der Waals surface area (Å²) in [6, 6.07) is 8.59. The Morgan fingerprint density at radius 3 is 2.39 bits per heavy atom. The number of Topliss-reactive ketones (excluding diaryl/α,β-unsaturated/α-hetero) is 1. The van der Waals surface area contributed by atoms with E-state index in [0.717, 1.165) is 0 Å². The van der Waals surface area contributed by atoms with Crippen molar-refractivity contribution < 1.29 is 19.4 Å². The van der Waals surface area contributed by atoms with E-state index in [1.165, 1.54) is 0 Å². The molecule has 0 aliphatic carbocycles. The van der Waals surface area contributed by atoms with Gasteiger partial charge in [-0.3, -0.25) is 4.79 Å². The van der Waals surface area contributed by atoms with Crippen LogP contribution in [0.2, 0.25) is 0 Å². The number of rotatable bonds is 6. The molecule has 0 aromatic heterocycles. The molecule has 4 heteroatoms. The normalized spacial score (nSPS) is 12.2. The van der Waals surface area contributed by atoms with Gasteiger partial charge in [-0.25, -0.2) is 4.79 Å². The van der Waals surface area contributed by atoms with Crippen molar-refractivity contribution in [1.29, 1.82) is 0 Å². The molecule has 0 radical (unpaired) electrons. The number of aliphatic hydroxyl groups excluding tert-OH is 1. The lowest BCUT2D eigenvalue weighted by molar-refractivity contribution is -0.153. The van der Waals surface area contributed by atoms with Crippen molar-refractivity contribution in [2.24, 2.45) is 5.92 Å². The Balaban J connectivity index is 2.41. The summed E-state index contributed by atoms with van der Waals surface area (Å²) < 4.78 is 4.78. The van der Waals surface area contributed by atoms with Crippen LogP contribution in [0.1, 0.15) is 30.6 Å². The summed E-state index contributed by atoms with van der Waals surface area (Å²) in [5.74, 6) is -0.828. The quantitative estimate of drug-likeness (QED) is 0.618. The van der Waals surface area contributed by atoms with Crippen LogP contribution in [0.25, 0.3) is 0 Å². The van der Waals surface area contributed by atoms with Gasteiger partial charge in [0.05, 0.1) is 0 Å². The van der Waals surface area contributed by atoms with Crippen molar-refractivity contribution in [2.45, 2.75) is 26.4 Å². The zero-order chi connectivity index (χ0) is 13.5. The van der Waals surface area contributed by atoms with Crippen molar-refractivity contribution in [3.05, 3.63) is 35.9 Å². The molecule has 0 amide bonds. The molecule has 0 saturated carbocycles. The molecular formula is C14H18O4. The Labute approximate surface area is 107 Å². The molecule has 1 aromatic carbocycles. The monoisotopic (exact) mass is 250 g/mol. The van der Waals surface area contributed by atoms with Gasteiger partial charge in [-0.15, -0.1) is 0 Å². The maximum atomic E-state index is 11.6. The topological polar surface area (TPSA) is 63.6 Å². The first kappa shape index (κ1) is 14.4. The van der Waals surface area contributed by atoms with Crippen LogP contribution >= 0.6 is 0 Å². The smallest absolute Gasteiger partial charge is 0.335 e. The molecule has 1 N–H and O–H groups in total. The Morgan fingerprint density at radius 2 is 1.83 bits per heavy atom. The van der Waals surface area contributed by atoms with Gasteiger partial charge in [0, 0.05) is 5.56 Å². The summed E-state index contributed by atoms with van der Waals surface area (Å²) in [6.07, 6.45) is -0.827. The first-order valence-corrected chi connectivity index (χ1v) is 5.93. The molecular weight excluding hydrogens is 232 g/mol. The van der Waals surface area contributed by atoms with Crippen molar-refractivity contribution in [3.8, 4) is 0 Å². The zero-order valence-corrected chi connectivity index (χ0v) is 10.6. The average molecular weight is 250 g/mol. The highest BCUT2D eigenvalue weighted by molar-refractivity contribution is 5.98. The van der Waals surface area contributed by atoms with Crippen LogP contribution in [-0.2, 0) is 9.53 Å². The van der Waals surface area contributed by atoms with E-state index < -0.39 is 12.1 Å². The number of hydrogen-bond donors (Lipinski definition) is 1. The second kappa shape index (κ2) is 6.91. The summed E-state index contributed by atoms with van der Waals surface area (Å²) in [6.45, 7) is 3.45. The molecule has 0 bridgehead atoms. The van der Waals surface area contributed by atoms with Gasteiger partial charge >= 0.3 is 5.97 Å². The van der Waals surface area contributed by atoms with Gasteiger partial charge in [-0.1, -0.05) is 44.2 Å². The minimum Gasteiger partial charge on any atom is -0.455 e. The van der Waals surface area contributed by atoms with E-state index in [0.29, 0.717) is 12.0 Å². The highest BCUT2D eigenvalue weighted by Crippen LogP contribution is 2.06. The van der Waals surface area contributed by atoms with E-state index in [-0.39, 0.29) is 18.3 Å². The van der Waals surface area contributed by atoms with Gasteiger partial charge in [-0.2, -0.15) is 0 Å². The number of benzene rings is 1. The second-order valence-electron chi connectivity index (χ2n) is 4.54. The van der Waals surface area contributed by atoms with Crippen LogP contribution in [0.3, 0.4) is 0 Å². The van der Waals surface area contributed by atoms with Crippen LogP contribution in [0.4, 0.5) is 0 Å². The molecule has 0 spiro atoms. The van der Waals surface area contributed by atoms with Crippen LogP contribution in [-0.4, -0.2) is 29.6 Å². The Kier molecular flexibility index (Phi) is 5.52. The highest BCUT2D eigenvalue weighted by atomic mass is 16.5. The fraction of sp³-hybridized carbons (Fsp3) is 0.429. The lowest BCUT2D eigenvalue weighted by atomic mass is 10.1. The number of carbonyl (C=O) groups is 2. The fourth-order valence-corrected chi connectivity index (χ4v) is 1.48. The number of ether oxygens (including phenoxy) is 1. The van der Waals surface area contributed by atoms with Crippen LogP contribution in [0.5, 0.6) is 0 Å². The Hall–Kier alpha value is -1.68. The van der Waals surface area contributed by atoms with Gasteiger partial charge in [0.15, 0.2) is 18.5 Å². The van der Waals surface area contributed by atoms with Crippen molar-refractivity contribution in [1.82, 2.24) is 0 Å². The molecule has 1 aromatic rings. The maximum absolute atomic E-state index is 11.6. The zero-order valence-electron chi connectivity index (χ0n) is 10.6. The minimum atomic E-state index is -1.16. The predicted octanol–water partition coefficient (Wildman–Crippen LogP) is 1.82. The molecule has 1 rings (SSSR count). The standard InChI is InChI=1S/C14H18O4/c1-10(2)8-12(15)14(17)18-9-13(16)11-6-4-3-5-7-11/h3-7,10,12,15H,8-9H2,1-2H3/t12-/m0/s1. The molecule has 0 aliphatic heterocycles. The largest absolute Gasteiger partial charge is 0.455 e. The maximum Gasteiger partial charge on any atom is 0.335 e. The molecule has 0 heterocycles. The van der Waals surface area contributed by atoms with E-state index in [1.54, 1.807) is 30.3 Å². The summed E-state index contributed by atoms with van der Waals surface area (Å²) >= 11 is 0. The molecule has 4 nitrogen and oxygen atoms in total. The van der Waals surface area contributed by atoms with Gasteiger partial charge in [0.25, 0.3) is 0 Å². The van der Waals surface area contributed by atoms with Crippen molar-refractivity contribution >= 4 is 11.8 Å². The van der Waals surface area contributed by atoms with Gasteiger partial charge < -0.3 is 9.84 Å². The van der Waals surface area contributed by atoms with E-state index in [4.69, 9.17) is 4.74 Å². The van der Waals surface area contributed by atoms with Gasteiger partial charge in [-0.05, 0) is 12.3 Å². The first-order chi connectivity index (χ1) is 8.50. The summed E-state index contributed by atoms with van der Waals surface area (Å²) in [5, 5.41) is 9.49. The van der Waals surface area contributed by atoms with E-state index >= 15 is 0 Å². The lowest BCUT2D eigenvalue weighted by Gasteiger charge is -2.12. The third-order valence-corrected chi connectivity index (χ3v) is 2.41. The second-order valence-corrected chi connectivity index (χ2v) is 4.54. The summed E-state index contributed by atoms with van der Waals surface area (Å²) in [4.78, 5) is 23.0. The third-order valence-electron chi connectivity index (χ3n) is 2.41. The molecule has 0 aliphatic rings. The number of carbonyl (C=O) groups excluding carboxylic acids is 2. The fourth-order valence-electron chi connectivity index (χ4n) is 1.48. The molecule has 18 heavy (non-hydrogen) atoms. The lowest BCUT2D eigenvalue weighted by Crippen LogP contribution is -2.26. The number of aliphatic hydroxyl groups is 1. The third kappa shape index (κ3) is 4.67. The van der Waals surface area contributed by atoms with Crippen LogP contribution < -0.4 is 0 Å². The average Bonchev–Trinajstić information content (AvgIpc) is 2.35. The summed E-state index contributed by atoms with van der Waals surface area (Å²) in [7, 11) is 0. The number of esters is 1. The van der Waals surface area contributed by atoms with Gasteiger partial charge in [0.1, 0.15) is 0 Å². The van der Waals surface area contributed by atoms with E-state index in [9.17, 15) is 14.7 Å². The predicted molar refractivity (Wildman–Crippen MR) is 67.2 cm³/mol. The molecule has 1 atom stereocenters. The van der Waals surface area contributed by atoms with E-state index in [2.05, 4.69) is 0 Å². The number of ketones is 1. The molecule has 0 saturated heterocycles. The Bertz CT molecular complexity index is 398. The molecule has 98 valence electrons. The van der Waals surface area contributed by atoms with Gasteiger partial charge in [0.2, 0.25) is 0 Å². The summed E-state index contributed by atoms with van der Waals surface area (Å²) in [5.41, 5.74) is 0.489. The minimum absolute atomic E-state index is 0.192. The SMILES string of the molecule is CC(C)C[C@H](O)C(=O)OCC(=O)c1ccccc1. The van der Waals surface area contributed by atoms with E-state index in [1.807, 2.05) is 13.8 Å². The highest BCUT2D eigenvalue weighted by Gasteiger charge is 2.19.